The Morgan fingerprint density at radius 1 is 1.07 bits per heavy atom. The van der Waals surface area contributed by atoms with Gasteiger partial charge in [0.25, 0.3) is 5.91 Å². The minimum atomic E-state index is -0.448. The lowest BCUT2D eigenvalue weighted by molar-refractivity contribution is -0.124. The van der Waals surface area contributed by atoms with Crippen molar-refractivity contribution in [2.24, 2.45) is 0 Å². The first kappa shape index (κ1) is 17.3. The topological polar surface area (TPSA) is 71.2 Å². The number of carbonyl (C=O) groups excluding carboxylic acids is 2. The number of fused-ring (bicyclic) bond motifs is 2. The number of aromatic nitrogens is 1. The van der Waals surface area contributed by atoms with Gasteiger partial charge < -0.3 is 15.0 Å². The fourth-order valence-corrected chi connectivity index (χ4v) is 3.64. The first-order valence-corrected chi connectivity index (χ1v) is 9.31. The van der Waals surface area contributed by atoms with Gasteiger partial charge >= 0.3 is 5.97 Å². The normalized spacial score (nSPS) is 12.7. The average Bonchev–Trinajstić information content (AvgIpc) is 3.32. The minimum Gasteiger partial charge on any atom is -0.452 e. The van der Waals surface area contributed by atoms with Crippen LogP contribution in [0.2, 0.25) is 0 Å². The number of ether oxygens (including phenoxy) is 1. The second kappa shape index (κ2) is 7.66. The summed E-state index contributed by atoms with van der Waals surface area (Å²) >= 11 is 0. The third-order valence-electron chi connectivity index (χ3n) is 5.06. The van der Waals surface area contributed by atoms with E-state index in [4.69, 9.17) is 4.74 Å². The Bertz CT molecular complexity index is 990. The van der Waals surface area contributed by atoms with Gasteiger partial charge in [-0.15, -0.1) is 0 Å². The fraction of sp³-hybridized carbons (Fsp3) is 0.273. The monoisotopic (exact) mass is 362 g/mol. The number of hydrogen-bond acceptors (Lipinski definition) is 3. The highest BCUT2D eigenvalue weighted by Crippen LogP contribution is 2.23. The number of aromatic amines is 1. The lowest BCUT2D eigenvalue weighted by Crippen LogP contribution is -2.30. The molecule has 0 atom stereocenters. The maximum absolute atomic E-state index is 12.1. The van der Waals surface area contributed by atoms with E-state index >= 15 is 0 Å². The Labute approximate surface area is 157 Å². The number of hydrogen-bond donors (Lipinski definition) is 2. The maximum Gasteiger partial charge on any atom is 0.338 e. The highest BCUT2D eigenvalue weighted by atomic mass is 16.5. The third-order valence-corrected chi connectivity index (χ3v) is 5.06. The van der Waals surface area contributed by atoms with E-state index < -0.39 is 5.97 Å². The molecule has 0 unspecified atom stereocenters. The second-order valence-electron chi connectivity index (χ2n) is 6.87. The highest BCUT2D eigenvalue weighted by Gasteiger charge is 2.15. The average molecular weight is 362 g/mol. The van der Waals surface area contributed by atoms with Gasteiger partial charge in [-0.25, -0.2) is 4.79 Å². The van der Waals surface area contributed by atoms with Gasteiger partial charge in [0.2, 0.25) is 0 Å². The number of nitrogens with one attached hydrogen (secondary N) is 2. The van der Waals surface area contributed by atoms with Crippen LogP contribution in [0.1, 0.15) is 33.5 Å². The van der Waals surface area contributed by atoms with Crippen molar-refractivity contribution < 1.29 is 14.3 Å². The lowest BCUT2D eigenvalue weighted by Gasteiger charge is -2.07. The number of benzene rings is 2. The van der Waals surface area contributed by atoms with Crippen LogP contribution in [0.15, 0.2) is 48.7 Å². The molecule has 138 valence electrons. The number of carbonyl (C=O) groups is 2. The molecule has 5 nitrogen and oxygen atoms in total. The summed E-state index contributed by atoms with van der Waals surface area (Å²) in [5, 5.41) is 3.97. The fourth-order valence-electron chi connectivity index (χ4n) is 3.64. The molecule has 27 heavy (non-hydrogen) atoms. The van der Waals surface area contributed by atoms with Gasteiger partial charge in [0.1, 0.15) is 0 Å². The molecule has 0 radical (unpaired) electrons. The van der Waals surface area contributed by atoms with Crippen LogP contribution in [0.25, 0.3) is 10.9 Å². The van der Waals surface area contributed by atoms with Crippen LogP contribution in [0.3, 0.4) is 0 Å². The zero-order valence-electron chi connectivity index (χ0n) is 15.1. The number of esters is 1. The summed E-state index contributed by atoms with van der Waals surface area (Å²) in [4.78, 5) is 27.3. The van der Waals surface area contributed by atoms with Crippen molar-refractivity contribution in [2.75, 3.05) is 13.2 Å². The maximum atomic E-state index is 12.1. The molecular formula is C22H22N2O3. The van der Waals surface area contributed by atoms with Crippen LogP contribution in [0.5, 0.6) is 0 Å². The number of amides is 1. The molecule has 0 bridgehead atoms. The molecule has 0 saturated carbocycles. The van der Waals surface area contributed by atoms with E-state index in [-0.39, 0.29) is 12.5 Å². The van der Waals surface area contributed by atoms with E-state index in [0.717, 1.165) is 35.7 Å². The van der Waals surface area contributed by atoms with Crippen LogP contribution in [-0.4, -0.2) is 30.0 Å². The van der Waals surface area contributed by atoms with Crippen molar-refractivity contribution in [1.82, 2.24) is 10.3 Å². The Hall–Kier alpha value is -3.08. The Balaban J connectivity index is 1.24. The van der Waals surface area contributed by atoms with Crippen molar-refractivity contribution in [3.8, 4) is 0 Å². The zero-order valence-corrected chi connectivity index (χ0v) is 15.1. The Kier molecular flexibility index (Phi) is 4.92. The number of para-hydroxylation sites is 1. The van der Waals surface area contributed by atoms with Crippen LogP contribution >= 0.6 is 0 Å². The SMILES string of the molecule is O=C(COC(=O)c1ccc2c(c1)CCC2)NCCc1c[nH]c2ccccc12. The highest BCUT2D eigenvalue weighted by molar-refractivity contribution is 5.91. The van der Waals surface area contributed by atoms with E-state index in [1.165, 1.54) is 11.1 Å². The van der Waals surface area contributed by atoms with Gasteiger partial charge in [0.15, 0.2) is 6.61 Å². The molecule has 2 aromatic carbocycles. The quantitative estimate of drug-likeness (QED) is 0.662. The second-order valence-corrected chi connectivity index (χ2v) is 6.87. The smallest absolute Gasteiger partial charge is 0.338 e. The van der Waals surface area contributed by atoms with Gasteiger partial charge in [0, 0.05) is 23.6 Å². The number of H-pyrrole nitrogens is 1. The molecule has 1 aliphatic carbocycles. The molecule has 0 aliphatic heterocycles. The summed E-state index contributed by atoms with van der Waals surface area (Å²) in [6.45, 7) is 0.237. The van der Waals surface area contributed by atoms with Gasteiger partial charge in [-0.3, -0.25) is 4.79 Å². The van der Waals surface area contributed by atoms with Crippen LogP contribution < -0.4 is 5.32 Å². The van der Waals surface area contributed by atoms with E-state index in [1.54, 1.807) is 6.07 Å². The van der Waals surface area contributed by atoms with E-state index in [9.17, 15) is 9.59 Å². The molecule has 1 heterocycles. The molecule has 5 heteroatoms. The van der Waals surface area contributed by atoms with E-state index in [2.05, 4.69) is 16.4 Å². The molecule has 2 N–H and O–H groups in total. The Morgan fingerprint density at radius 2 is 1.93 bits per heavy atom. The molecule has 4 rings (SSSR count). The van der Waals surface area contributed by atoms with Gasteiger partial charge in [-0.1, -0.05) is 24.3 Å². The van der Waals surface area contributed by atoms with Crippen molar-refractivity contribution in [3.63, 3.8) is 0 Å². The molecule has 1 aromatic heterocycles. The molecule has 0 fully saturated rings. The lowest BCUT2D eigenvalue weighted by atomic mass is 10.1. The molecule has 0 saturated heterocycles. The van der Waals surface area contributed by atoms with Gasteiger partial charge in [0.05, 0.1) is 5.56 Å². The standard InChI is InChI=1S/C22H22N2O3/c25-21(23-11-10-18-13-24-20-7-2-1-6-19(18)20)14-27-22(26)17-9-8-15-4-3-5-16(15)12-17/h1-2,6-9,12-13,24H,3-5,10-11,14H2,(H,23,25). The van der Waals surface area contributed by atoms with Crippen LogP contribution in [0, 0.1) is 0 Å². The Morgan fingerprint density at radius 3 is 2.85 bits per heavy atom. The molecule has 0 spiro atoms. The number of aryl methyl sites for hydroxylation is 2. The molecular weight excluding hydrogens is 340 g/mol. The first-order valence-electron chi connectivity index (χ1n) is 9.31. The largest absolute Gasteiger partial charge is 0.452 e. The van der Waals surface area contributed by atoms with Crippen LogP contribution in [-0.2, 0) is 28.8 Å². The molecule has 3 aromatic rings. The van der Waals surface area contributed by atoms with Crippen molar-refractivity contribution in [2.45, 2.75) is 25.7 Å². The summed E-state index contributed by atoms with van der Waals surface area (Å²) in [6.07, 6.45) is 5.89. The van der Waals surface area contributed by atoms with Gasteiger partial charge in [-0.2, -0.15) is 0 Å². The summed E-state index contributed by atoms with van der Waals surface area (Å²) in [5.41, 5.74) is 5.28. The predicted molar refractivity (Wildman–Crippen MR) is 104 cm³/mol. The van der Waals surface area contributed by atoms with Crippen LogP contribution in [0.4, 0.5) is 0 Å². The van der Waals surface area contributed by atoms with E-state index in [1.807, 2.05) is 36.5 Å². The van der Waals surface area contributed by atoms with Crippen molar-refractivity contribution >= 4 is 22.8 Å². The van der Waals surface area contributed by atoms with Crippen molar-refractivity contribution in [1.29, 1.82) is 0 Å². The predicted octanol–water partition coefficient (Wildman–Crippen LogP) is 3.17. The summed E-state index contributed by atoms with van der Waals surface area (Å²) in [6, 6.07) is 13.7. The summed E-state index contributed by atoms with van der Waals surface area (Å²) in [5.74, 6) is -0.735. The number of rotatable bonds is 6. The zero-order chi connectivity index (χ0) is 18.6. The molecule has 1 aliphatic rings. The molecule has 1 amide bonds. The van der Waals surface area contributed by atoms with Gasteiger partial charge in [-0.05, 0) is 60.6 Å². The first-order chi connectivity index (χ1) is 13.2. The third kappa shape index (κ3) is 3.87. The minimum absolute atomic E-state index is 0.260. The summed E-state index contributed by atoms with van der Waals surface area (Å²) < 4.78 is 5.15. The summed E-state index contributed by atoms with van der Waals surface area (Å²) in [7, 11) is 0. The van der Waals surface area contributed by atoms with E-state index in [0.29, 0.717) is 18.5 Å². The van der Waals surface area contributed by atoms with Crippen molar-refractivity contribution in [3.05, 3.63) is 70.9 Å².